The molecule has 1 aliphatic heterocycles. The van der Waals surface area contributed by atoms with Gasteiger partial charge in [-0.2, -0.15) is 0 Å². The summed E-state index contributed by atoms with van der Waals surface area (Å²) in [4.78, 5) is 32.6. The Morgan fingerprint density at radius 2 is 1.96 bits per heavy atom. The van der Waals surface area contributed by atoms with Crippen molar-refractivity contribution in [1.29, 1.82) is 0 Å². The SMILES string of the molecule is COC(=O)c1cnc(C2CCN(C(=O)OCc3ccccc3)CC2)[nH]1. The molecule has 0 radical (unpaired) electrons. The molecular formula is C18H21N3O4. The van der Waals surface area contributed by atoms with E-state index in [0.29, 0.717) is 18.8 Å². The zero-order valence-corrected chi connectivity index (χ0v) is 14.1. The predicted molar refractivity (Wildman–Crippen MR) is 90.1 cm³/mol. The molecule has 2 heterocycles. The summed E-state index contributed by atoms with van der Waals surface area (Å²) in [5.74, 6) is 0.523. The lowest BCUT2D eigenvalue weighted by molar-refractivity contribution is 0.0594. The molecule has 0 unspecified atom stereocenters. The molecule has 0 atom stereocenters. The van der Waals surface area contributed by atoms with Crippen molar-refractivity contribution in [2.24, 2.45) is 0 Å². The number of aromatic amines is 1. The molecular weight excluding hydrogens is 322 g/mol. The summed E-state index contributed by atoms with van der Waals surface area (Å²) < 4.78 is 10.0. The summed E-state index contributed by atoms with van der Waals surface area (Å²) in [6.07, 6.45) is 2.74. The lowest BCUT2D eigenvalue weighted by atomic mass is 9.96. The van der Waals surface area contributed by atoms with Crippen LogP contribution in [-0.2, 0) is 16.1 Å². The van der Waals surface area contributed by atoms with Gasteiger partial charge in [-0.15, -0.1) is 0 Å². The van der Waals surface area contributed by atoms with Gasteiger partial charge in [-0.3, -0.25) is 0 Å². The number of H-pyrrole nitrogens is 1. The largest absolute Gasteiger partial charge is 0.464 e. The van der Waals surface area contributed by atoms with E-state index < -0.39 is 5.97 Å². The van der Waals surface area contributed by atoms with Gasteiger partial charge in [0.1, 0.15) is 18.1 Å². The molecule has 1 saturated heterocycles. The standard InChI is InChI=1S/C18H21N3O4/c1-24-17(22)15-11-19-16(20-15)14-7-9-21(10-8-14)18(23)25-12-13-5-3-2-4-6-13/h2-6,11,14H,7-10,12H2,1H3,(H,19,20). The number of esters is 1. The summed E-state index contributed by atoms with van der Waals surface area (Å²) in [5, 5.41) is 0. The number of nitrogens with one attached hydrogen (secondary N) is 1. The van der Waals surface area contributed by atoms with Gasteiger partial charge in [-0.1, -0.05) is 30.3 Å². The van der Waals surface area contributed by atoms with Crippen molar-refractivity contribution in [3.63, 3.8) is 0 Å². The van der Waals surface area contributed by atoms with E-state index in [4.69, 9.17) is 4.74 Å². The maximum Gasteiger partial charge on any atom is 0.410 e. The number of benzene rings is 1. The molecule has 132 valence electrons. The molecule has 0 aliphatic carbocycles. The molecule has 2 aromatic rings. The Bertz CT molecular complexity index is 721. The molecule has 3 rings (SSSR count). The topological polar surface area (TPSA) is 84.5 Å². The second-order valence-corrected chi connectivity index (χ2v) is 5.98. The van der Waals surface area contributed by atoms with Gasteiger partial charge >= 0.3 is 12.1 Å². The molecule has 7 nitrogen and oxygen atoms in total. The zero-order valence-electron chi connectivity index (χ0n) is 14.1. The molecule has 1 aliphatic rings. The number of aromatic nitrogens is 2. The third-order valence-corrected chi connectivity index (χ3v) is 4.35. The molecule has 7 heteroatoms. The zero-order chi connectivity index (χ0) is 17.6. The van der Waals surface area contributed by atoms with Crippen LogP contribution < -0.4 is 0 Å². The minimum absolute atomic E-state index is 0.191. The normalized spacial score (nSPS) is 15.0. The fourth-order valence-electron chi connectivity index (χ4n) is 2.90. The molecule has 1 fully saturated rings. The molecule has 0 spiro atoms. The quantitative estimate of drug-likeness (QED) is 0.863. The lowest BCUT2D eigenvalue weighted by Gasteiger charge is -2.30. The number of amides is 1. The van der Waals surface area contributed by atoms with Gasteiger partial charge in [0.15, 0.2) is 0 Å². The molecule has 1 amide bonds. The second kappa shape index (κ2) is 7.83. The van der Waals surface area contributed by atoms with Gasteiger partial charge in [-0.05, 0) is 18.4 Å². The Labute approximate surface area is 146 Å². The predicted octanol–water partition coefficient (Wildman–Crippen LogP) is 2.71. The van der Waals surface area contributed by atoms with E-state index in [-0.39, 0.29) is 18.6 Å². The highest BCUT2D eigenvalue weighted by molar-refractivity contribution is 5.86. The molecule has 1 aromatic heterocycles. The van der Waals surface area contributed by atoms with Crippen LogP contribution in [-0.4, -0.2) is 47.1 Å². The van der Waals surface area contributed by atoms with Crippen molar-refractivity contribution in [2.45, 2.75) is 25.4 Å². The van der Waals surface area contributed by atoms with E-state index in [9.17, 15) is 9.59 Å². The number of methoxy groups -OCH3 is 1. The third-order valence-electron chi connectivity index (χ3n) is 4.35. The first kappa shape index (κ1) is 17.0. The minimum Gasteiger partial charge on any atom is -0.464 e. The summed E-state index contributed by atoms with van der Waals surface area (Å²) in [6, 6.07) is 9.61. The third kappa shape index (κ3) is 4.17. The van der Waals surface area contributed by atoms with Crippen molar-refractivity contribution >= 4 is 12.1 Å². The Morgan fingerprint density at radius 3 is 2.64 bits per heavy atom. The van der Waals surface area contributed by atoms with Crippen LogP contribution in [0.4, 0.5) is 4.79 Å². The van der Waals surface area contributed by atoms with Crippen molar-refractivity contribution in [1.82, 2.24) is 14.9 Å². The number of carbonyl (C=O) groups is 2. The Balaban J connectivity index is 1.49. The van der Waals surface area contributed by atoms with Crippen molar-refractivity contribution < 1.29 is 19.1 Å². The number of nitrogens with zero attached hydrogens (tertiary/aromatic N) is 2. The fourth-order valence-corrected chi connectivity index (χ4v) is 2.90. The number of hydrogen-bond acceptors (Lipinski definition) is 5. The fraction of sp³-hybridized carbons (Fsp3) is 0.389. The number of piperidine rings is 1. The van der Waals surface area contributed by atoms with E-state index in [1.165, 1.54) is 13.3 Å². The summed E-state index contributed by atoms with van der Waals surface area (Å²) >= 11 is 0. The average Bonchev–Trinajstić information content (AvgIpc) is 3.16. The number of likely N-dealkylation sites (tertiary alicyclic amines) is 1. The smallest absolute Gasteiger partial charge is 0.410 e. The molecule has 0 saturated carbocycles. The molecule has 1 aromatic carbocycles. The summed E-state index contributed by atoms with van der Waals surface area (Å²) in [7, 11) is 1.34. The van der Waals surface area contributed by atoms with Crippen LogP contribution in [0.2, 0.25) is 0 Å². The van der Waals surface area contributed by atoms with E-state index in [1.54, 1.807) is 4.90 Å². The summed E-state index contributed by atoms with van der Waals surface area (Å²) in [5.41, 5.74) is 1.32. The van der Waals surface area contributed by atoms with Gasteiger partial charge in [-0.25, -0.2) is 14.6 Å². The summed E-state index contributed by atoms with van der Waals surface area (Å²) in [6.45, 7) is 1.49. The average molecular weight is 343 g/mol. The van der Waals surface area contributed by atoms with Crippen LogP contribution in [0.1, 0.15) is 40.6 Å². The first-order valence-electron chi connectivity index (χ1n) is 8.26. The number of carbonyl (C=O) groups excluding carboxylic acids is 2. The van der Waals surface area contributed by atoms with E-state index in [2.05, 4.69) is 14.7 Å². The number of hydrogen-bond donors (Lipinski definition) is 1. The number of ether oxygens (including phenoxy) is 2. The molecule has 1 N–H and O–H groups in total. The highest BCUT2D eigenvalue weighted by atomic mass is 16.6. The van der Waals surface area contributed by atoms with Gasteiger partial charge in [0.05, 0.1) is 13.3 Å². The van der Waals surface area contributed by atoms with E-state index in [1.807, 2.05) is 30.3 Å². The maximum absolute atomic E-state index is 12.2. The van der Waals surface area contributed by atoms with Gasteiger partial charge in [0.25, 0.3) is 0 Å². The van der Waals surface area contributed by atoms with Gasteiger partial charge in [0.2, 0.25) is 0 Å². The van der Waals surface area contributed by atoms with Gasteiger partial charge < -0.3 is 19.4 Å². The first-order chi connectivity index (χ1) is 12.2. The van der Waals surface area contributed by atoms with Gasteiger partial charge in [0, 0.05) is 19.0 Å². The number of imidazole rings is 1. The van der Waals surface area contributed by atoms with Crippen molar-refractivity contribution in [3.05, 3.63) is 53.6 Å². The minimum atomic E-state index is -0.430. The van der Waals surface area contributed by atoms with Crippen molar-refractivity contribution in [3.8, 4) is 0 Å². The maximum atomic E-state index is 12.2. The first-order valence-corrected chi connectivity index (χ1v) is 8.26. The number of rotatable bonds is 4. The molecule has 0 bridgehead atoms. The highest BCUT2D eigenvalue weighted by Gasteiger charge is 2.27. The Morgan fingerprint density at radius 1 is 1.24 bits per heavy atom. The van der Waals surface area contributed by atoms with Crippen LogP contribution in [0.5, 0.6) is 0 Å². The Kier molecular flexibility index (Phi) is 5.33. The van der Waals surface area contributed by atoms with E-state index >= 15 is 0 Å². The second-order valence-electron chi connectivity index (χ2n) is 5.98. The van der Waals surface area contributed by atoms with E-state index in [0.717, 1.165) is 24.2 Å². The van der Waals surface area contributed by atoms with Crippen molar-refractivity contribution in [2.75, 3.05) is 20.2 Å². The van der Waals surface area contributed by atoms with Crippen LogP contribution in [0.15, 0.2) is 36.5 Å². The monoisotopic (exact) mass is 343 g/mol. The van der Waals surface area contributed by atoms with Crippen LogP contribution in [0.3, 0.4) is 0 Å². The van der Waals surface area contributed by atoms with Crippen LogP contribution in [0, 0.1) is 0 Å². The van der Waals surface area contributed by atoms with Crippen LogP contribution in [0.25, 0.3) is 0 Å². The Hall–Kier alpha value is -2.83. The molecule has 25 heavy (non-hydrogen) atoms. The lowest BCUT2D eigenvalue weighted by Crippen LogP contribution is -2.38. The van der Waals surface area contributed by atoms with Crippen LogP contribution >= 0.6 is 0 Å². The highest BCUT2D eigenvalue weighted by Crippen LogP contribution is 2.26.